The molecule has 16 heteroatoms. The predicted molar refractivity (Wildman–Crippen MR) is 125 cm³/mol. The summed E-state index contributed by atoms with van der Waals surface area (Å²) in [6.45, 7) is 2.26. The maximum absolute atomic E-state index is 13.3. The van der Waals surface area contributed by atoms with Gasteiger partial charge in [0, 0.05) is 11.8 Å². The highest BCUT2D eigenvalue weighted by molar-refractivity contribution is 5.35. The number of aromatic nitrogens is 2. The first-order valence-electron chi connectivity index (χ1n) is 11.7. The lowest BCUT2D eigenvalue weighted by Gasteiger charge is -2.22. The molecule has 2 aromatic carbocycles. The van der Waals surface area contributed by atoms with Crippen LogP contribution >= 0.6 is 0 Å². The third-order valence-corrected chi connectivity index (χ3v) is 6.03. The summed E-state index contributed by atoms with van der Waals surface area (Å²) in [4.78, 5) is 26.4. The van der Waals surface area contributed by atoms with E-state index in [1.165, 1.54) is 20.8 Å². The average molecular weight is 620 g/mol. The van der Waals surface area contributed by atoms with Crippen molar-refractivity contribution in [3.63, 3.8) is 0 Å². The van der Waals surface area contributed by atoms with Crippen LogP contribution in [0.3, 0.4) is 0 Å². The molecule has 3 rings (SSSR count). The molecule has 0 aliphatic heterocycles. The van der Waals surface area contributed by atoms with Gasteiger partial charge < -0.3 is 0 Å². The second-order valence-corrected chi connectivity index (χ2v) is 10.4. The summed E-state index contributed by atoms with van der Waals surface area (Å²) in [5.74, 6) is 0. The maximum atomic E-state index is 13.3. The third-order valence-electron chi connectivity index (χ3n) is 6.03. The minimum Gasteiger partial charge on any atom is -0.296 e. The Morgan fingerprint density at radius 3 is 1.19 bits per heavy atom. The molecule has 3 aromatic rings. The normalized spacial score (nSPS) is 13.5. The number of nitrogens with zero attached hydrogens (tertiary/aromatic N) is 2. The average Bonchev–Trinajstić information content (AvgIpc) is 2.80. The van der Waals surface area contributed by atoms with E-state index in [2.05, 4.69) is 0 Å². The van der Waals surface area contributed by atoms with Crippen molar-refractivity contribution in [2.24, 2.45) is 0 Å². The predicted octanol–water partition coefficient (Wildman–Crippen LogP) is 7.48. The van der Waals surface area contributed by atoms with Crippen LogP contribution in [0.15, 0.2) is 52.2 Å². The first-order valence-corrected chi connectivity index (χ1v) is 11.7. The summed E-state index contributed by atoms with van der Waals surface area (Å²) in [5, 5.41) is 0. The zero-order valence-corrected chi connectivity index (χ0v) is 21.7. The van der Waals surface area contributed by atoms with Crippen LogP contribution in [0.5, 0.6) is 0 Å². The molecule has 0 spiro atoms. The van der Waals surface area contributed by atoms with E-state index >= 15 is 0 Å². The van der Waals surface area contributed by atoms with Gasteiger partial charge in [0.15, 0.2) is 0 Å². The minimum atomic E-state index is -5.24. The van der Waals surface area contributed by atoms with Gasteiger partial charge in [0.1, 0.15) is 0 Å². The van der Waals surface area contributed by atoms with Crippen LogP contribution in [-0.4, -0.2) is 9.13 Å². The first-order chi connectivity index (χ1) is 18.8. The highest BCUT2D eigenvalue weighted by Crippen LogP contribution is 2.38. The summed E-state index contributed by atoms with van der Waals surface area (Å²) in [6.07, 6.45) is -20.0. The molecular weight excluding hydrogens is 600 g/mol. The highest BCUT2D eigenvalue weighted by Gasteiger charge is 2.38. The largest absolute Gasteiger partial charge is 0.416 e. The number of rotatable bonds is 4. The molecule has 1 heterocycles. The zero-order valence-electron chi connectivity index (χ0n) is 21.7. The van der Waals surface area contributed by atoms with Gasteiger partial charge in [-0.05, 0) is 52.9 Å². The molecule has 0 atom stereocenters. The van der Waals surface area contributed by atoms with Crippen molar-refractivity contribution in [3.8, 4) is 0 Å². The van der Waals surface area contributed by atoms with Crippen LogP contribution in [0, 0.1) is 0 Å². The van der Waals surface area contributed by atoms with Crippen LogP contribution < -0.4 is 11.2 Å². The van der Waals surface area contributed by atoms with E-state index in [9.17, 15) is 62.3 Å². The second kappa shape index (κ2) is 10.5. The van der Waals surface area contributed by atoms with Gasteiger partial charge in [0.05, 0.1) is 35.3 Å². The monoisotopic (exact) mass is 620 g/mol. The van der Waals surface area contributed by atoms with Gasteiger partial charge in [-0.1, -0.05) is 20.8 Å². The minimum absolute atomic E-state index is 0.139. The fourth-order valence-electron chi connectivity index (χ4n) is 4.02. The topological polar surface area (TPSA) is 44.0 Å². The van der Waals surface area contributed by atoms with E-state index in [-0.39, 0.29) is 34.4 Å². The number of halogens is 12. The molecule has 0 saturated carbocycles. The van der Waals surface area contributed by atoms with Crippen molar-refractivity contribution < 1.29 is 52.7 Å². The number of alkyl halides is 12. The van der Waals surface area contributed by atoms with Crippen molar-refractivity contribution >= 4 is 0 Å². The molecule has 230 valence electrons. The Bertz CT molecular complexity index is 1530. The fourth-order valence-corrected chi connectivity index (χ4v) is 4.02. The number of benzene rings is 2. The molecule has 0 unspecified atom stereocenters. The van der Waals surface area contributed by atoms with Gasteiger partial charge in [-0.25, -0.2) is 4.79 Å². The smallest absolute Gasteiger partial charge is 0.296 e. The van der Waals surface area contributed by atoms with E-state index in [4.69, 9.17) is 0 Å². The summed E-state index contributed by atoms with van der Waals surface area (Å²) in [7, 11) is 0. The van der Waals surface area contributed by atoms with E-state index in [0.717, 1.165) is 6.20 Å². The molecule has 42 heavy (non-hydrogen) atoms. The van der Waals surface area contributed by atoms with Crippen LogP contribution in [0.1, 0.15) is 59.7 Å². The second-order valence-electron chi connectivity index (χ2n) is 10.4. The van der Waals surface area contributed by atoms with Crippen LogP contribution in [0.2, 0.25) is 0 Å². The Balaban J connectivity index is 2.27. The molecule has 0 N–H and O–H groups in total. The Labute approximate surface area is 228 Å². The molecule has 0 saturated heterocycles. The van der Waals surface area contributed by atoms with E-state index in [1.54, 1.807) is 0 Å². The molecule has 0 aliphatic rings. The summed E-state index contributed by atoms with van der Waals surface area (Å²) >= 11 is 0. The standard InChI is InChI=1S/C26H20F12N2O2/c1-22(2,3)19-12-39(10-13-4-15(23(27,28)29)8-16(5-13)24(30,31)32)21(42)40(20(19)41)11-14-6-17(25(33,34)35)9-18(7-14)26(36,37)38/h4-9,12H,10-11H2,1-3H3. The quantitative estimate of drug-likeness (QED) is 0.284. The molecule has 0 amide bonds. The van der Waals surface area contributed by atoms with Crippen molar-refractivity contribution in [2.45, 2.75) is 64.0 Å². The Morgan fingerprint density at radius 1 is 0.548 bits per heavy atom. The van der Waals surface area contributed by atoms with Gasteiger partial charge in [-0.2, -0.15) is 52.7 Å². The number of hydrogen-bond acceptors (Lipinski definition) is 2. The molecular formula is C26H20F12N2O2. The number of hydrogen-bond donors (Lipinski definition) is 0. The van der Waals surface area contributed by atoms with Crippen LogP contribution in [-0.2, 0) is 43.2 Å². The summed E-state index contributed by atoms with van der Waals surface area (Å²) in [5.41, 5.74) is -12.2. The van der Waals surface area contributed by atoms with E-state index in [0.29, 0.717) is 16.7 Å². The molecule has 0 bridgehead atoms. The van der Waals surface area contributed by atoms with Crippen LogP contribution in [0.25, 0.3) is 0 Å². The molecule has 1 aromatic heterocycles. The van der Waals surface area contributed by atoms with Gasteiger partial charge in [0.2, 0.25) is 0 Å². The lowest BCUT2D eigenvalue weighted by molar-refractivity contribution is -0.144. The Morgan fingerprint density at radius 2 is 0.881 bits per heavy atom. The van der Waals surface area contributed by atoms with Crippen molar-refractivity contribution in [2.75, 3.05) is 0 Å². The van der Waals surface area contributed by atoms with Gasteiger partial charge in [-0.3, -0.25) is 13.9 Å². The molecule has 0 radical (unpaired) electrons. The molecule has 4 nitrogen and oxygen atoms in total. The first kappa shape index (κ1) is 32.8. The lowest BCUT2D eigenvalue weighted by Crippen LogP contribution is -2.44. The van der Waals surface area contributed by atoms with Gasteiger partial charge in [0.25, 0.3) is 5.56 Å². The summed E-state index contributed by atoms with van der Waals surface area (Å²) in [6, 6.07) is 0.962. The molecule has 0 aliphatic carbocycles. The van der Waals surface area contributed by atoms with Crippen molar-refractivity contribution in [1.29, 1.82) is 0 Å². The Hall–Kier alpha value is -3.72. The third kappa shape index (κ3) is 7.37. The lowest BCUT2D eigenvalue weighted by atomic mass is 9.89. The van der Waals surface area contributed by atoms with Gasteiger partial charge in [-0.15, -0.1) is 0 Å². The highest BCUT2D eigenvalue weighted by atomic mass is 19.4. The van der Waals surface area contributed by atoms with E-state index in [1.807, 2.05) is 0 Å². The van der Waals surface area contributed by atoms with Crippen molar-refractivity contribution in [3.05, 3.63) is 102 Å². The van der Waals surface area contributed by atoms with Crippen molar-refractivity contribution in [1.82, 2.24) is 9.13 Å². The zero-order chi connectivity index (χ0) is 32.2. The maximum Gasteiger partial charge on any atom is 0.416 e. The summed E-state index contributed by atoms with van der Waals surface area (Å²) < 4.78 is 161. The Kier molecular flexibility index (Phi) is 8.22. The fraction of sp³-hybridized carbons (Fsp3) is 0.385. The van der Waals surface area contributed by atoms with Crippen LogP contribution in [0.4, 0.5) is 52.7 Å². The SMILES string of the molecule is CC(C)(C)c1cn(Cc2cc(C(F)(F)F)cc(C(F)(F)F)c2)c(=O)n(Cc2cc(C(F)(F)F)cc(C(F)(F)F)c2)c1=O. The molecule has 0 fully saturated rings. The van der Waals surface area contributed by atoms with E-state index < -0.39 is 87.8 Å². The van der Waals surface area contributed by atoms with Gasteiger partial charge >= 0.3 is 30.4 Å².